The lowest BCUT2D eigenvalue weighted by Gasteiger charge is -2.50. The van der Waals surface area contributed by atoms with Crippen molar-refractivity contribution in [2.75, 3.05) is 14.7 Å². The summed E-state index contributed by atoms with van der Waals surface area (Å²) in [5.41, 5.74) is 29.6. The molecule has 11 aromatic carbocycles. The van der Waals surface area contributed by atoms with Gasteiger partial charge in [-0.3, -0.25) is 0 Å². The fourth-order valence-electron chi connectivity index (χ4n) is 15.8. The number of ether oxygens (including phenoxy) is 2. The summed E-state index contributed by atoms with van der Waals surface area (Å²) in [7, 11) is 0. The van der Waals surface area contributed by atoms with E-state index in [1.807, 2.05) is 0 Å². The summed E-state index contributed by atoms with van der Waals surface area (Å²) >= 11 is 0. The maximum atomic E-state index is 7.70. The zero-order chi connectivity index (χ0) is 48.8. The van der Waals surface area contributed by atoms with Gasteiger partial charge >= 0.3 is 0 Å². The summed E-state index contributed by atoms with van der Waals surface area (Å²) in [5.74, 6) is 3.60. The Bertz CT molecular complexity index is 4750. The second-order valence-electron chi connectivity index (χ2n) is 21.7. The molecule has 0 saturated carbocycles. The van der Waals surface area contributed by atoms with Crippen LogP contribution in [-0.2, 0) is 0 Å². The minimum Gasteiger partial charge on any atom is -0.458 e. The van der Waals surface area contributed by atoms with E-state index in [9.17, 15) is 0 Å². The number of nitrogens with zero attached hydrogens (tertiary/aromatic N) is 4. The fraction of sp³-hybridized carbons (Fsp3) is 0. The minimum absolute atomic E-state index is 0.00441. The number of hydrogen-bond donors (Lipinski definition) is 0. The third-order valence-corrected chi connectivity index (χ3v) is 18.4. The molecule has 0 aliphatic carbocycles. The number of rotatable bonds is 1. The van der Waals surface area contributed by atoms with E-state index >= 15 is 0 Å². The first kappa shape index (κ1) is 39.0. The van der Waals surface area contributed by atoms with Crippen LogP contribution in [0.25, 0.3) is 27.5 Å². The van der Waals surface area contributed by atoms with Gasteiger partial charge in [-0.15, -0.1) is 0 Å². The topological polar surface area (TPSA) is 33.1 Å². The average Bonchev–Trinajstić information content (AvgIpc) is 3.86. The van der Waals surface area contributed by atoms with E-state index in [-0.39, 0.29) is 26.9 Å². The molecule has 0 spiro atoms. The van der Waals surface area contributed by atoms with Crippen LogP contribution in [0.4, 0.5) is 51.2 Å². The predicted octanol–water partition coefficient (Wildman–Crippen LogP) is 7.35. The van der Waals surface area contributed by atoms with Gasteiger partial charge in [-0.2, -0.15) is 0 Å². The van der Waals surface area contributed by atoms with E-state index in [1.165, 1.54) is 127 Å². The van der Waals surface area contributed by atoms with Crippen LogP contribution in [0.15, 0.2) is 218 Å². The lowest BCUT2D eigenvalue weighted by Crippen LogP contribution is -2.69. The molecule has 9 heterocycles. The molecule has 0 bridgehead atoms. The van der Waals surface area contributed by atoms with Crippen molar-refractivity contribution in [2.45, 2.75) is 0 Å². The van der Waals surface area contributed by atoms with Crippen molar-refractivity contribution in [1.29, 1.82) is 0 Å². The van der Waals surface area contributed by atoms with Gasteiger partial charge in [-0.05, 0) is 114 Å². The molecule has 10 heteroatoms. The summed E-state index contributed by atoms with van der Waals surface area (Å²) in [4.78, 5) is 7.64. The molecule has 6 nitrogen and oxygen atoms in total. The van der Waals surface area contributed by atoms with Crippen LogP contribution >= 0.6 is 0 Å². The molecule has 0 amide bonds. The van der Waals surface area contributed by atoms with Gasteiger partial charge in [0.15, 0.2) is 0 Å². The summed E-state index contributed by atoms with van der Waals surface area (Å²) in [6.45, 7) is -0.164. The van der Waals surface area contributed by atoms with Crippen LogP contribution in [0.1, 0.15) is 0 Å². The molecule has 1 aromatic heterocycles. The fourth-order valence-corrected chi connectivity index (χ4v) is 15.8. The second-order valence-corrected chi connectivity index (χ2v) is 21.7. The molecule has 344 valence electrons. The summed E-state index contributed by atoms with van der Waals surface area (Å²) in [6, 6.07) is 81.7. The van der Waals surface area contributed by atoms with Crippen molar-refractivity contribution < 1.29 is 9.47 Å². The molecule has 0 atom stereocenters. The molecule has 0 saturated heterocycles. The second kappa shape index (κ2) is 13.4. The van der Waals surface area contributed by atoms with E-state index in [4.69, 9.17) is 9.47 Å². The highest BCUT2D eigenvalue weighted by molar-refractivity contribution is 7.06. The molecule has 8 aliphatic rings. The van der Waals surface area contributed by atoms with E-state index < -0.39 is 0 Å². The maximum absolute atomic E-state index is 7.70. The summed E-state index contributed by atoms with van der Waals surface area (Å²) in [5, 5.41) is 2.55. The van der Waals surface area contributed by atoms with E-state index in [2.05, 4.69) is 238 Å². The summed E-state index contributed by atoms with van der Waals surface area (Å²) < 4.78 is 17.4. The molecular weight excluding hydrogens is 924 g/mol. The van der Waals surface area contributed by atoms with Gasteiger partial charge in [0, 0.05) is 91.4 Å². The Balaban J connectivity index is 0.899. The van der Waals surface area contributed by atoms with Crippen LogP contribution in [0.5, 0.6) is 23.0 Å². The summed E-state index contributed by atoms with van der Waals surface area (Å²) in [6.07, 6.45) is 0. The Hall–Kier alpha value is -9.52. The number of hydrogen-bond acceptors (Lipinski definition) is 5. The number of para-hydroxylation sites is 8. The smallest absolute Gasteiger partial charge is 0.256 e. The van der Waals surface area contributed by atoms with Gasteiger partial charge < -0.3 is 28.7 Å². The Morgan fingerprint density at radius 3 is 1.42 bits per heavy atom. The molecule has 0 fully saturated rings. The largest absolute Gasteiger partial charge is 0.458 e. The SMILES string of the molecule is c1ccc(N2c3cc4c(cc3B3c5ccccc5N5c6ccccc6B6c7ccccc7Oc7cc2c3c5c76)B2c3ccccc3N3c5ccccc5B5c6c(cc(c2c63)O4)-n2c3ccccc3c3cccc5c32)cc1. The van der Waals surface area contributed by atoms with Crippen molar-refractivity contribution in [2.24, 2.45) is 0 Å². The Kier molecular flexibility index (Phi) is 6.88. The highest BCUT2D eigenvalue weighted by atomic mass is 16.5. The quantitative estimate of drug-likeness (QED) is 0.161. The molecular formula is C66H36B4N4O2. The first-order valence-electron chi connectivity index (χ1n) is 26.6. The van der Waals surface area contributed by atoms with Crippen molar-refractivity contribution >= 4 is 165 Å². The molecule has 12 aromatic rings. The lowest BCUT2D eigenvalue weighted by molar-refractivity contribution is 0.487. The van der Waals surface area contributed by atoms with Gasteiger partial charge in [-0.25, -0.2) is 0 Å². The normalized spacial score (nSPS) is 14.9. The monoisotopic (exact) mass is 960 g/mol. The van der Waals surface area contributed by atoms with E-state index in [0.29, 0.717) is 0 Å². The molecule has 76 heavy (non-hydrogen) atoms. The van der Waals surface area contributed by atoms with Crippen molar-refractivity contribution in [3.05, 3.63) is 218 Å². The highest BCUT2D eigenvalue weighted by Crippen LogP contribution is 2.50. The number of aromatic nitrogens is 1. The first-order chi connectivity index (χ1) is 37.8. The van der Waals surface area contributed by atoms with Crippen molar-refractivity contribution in [3.63, 3.8) is 0 Å². The van der Waals surface area contributed by atoms with Crippen LogP contribution in [0.3, 0.4) is 0 Å². The van der Waals surface area contributed by atoms with Crippen molar-refractivity contribution in [3.8, 4) is 28.7 Å². The lowest BCUT2D eigenvalue weighted by atomic mass is 9.27. The van der Waals surface area contributed by atoms with Crippen LogP contribution < -0.4 is 89.7 Å². The van der Waals surface area contributed by atoms with Crippen LogP contribution in [0, 0.1) is 0 Å². The maximum Gasteiger partial charge on any atom is 0.256 e. The molecule has 0 unspecified atom stereocenters. The van der Waals surface area contributed by atoms with Gasteiger partial charge in [0.25, 0.3) is 26.9 Å². The Morgan fingerprint density at radius 2 is 0.750 bits per heavy atom. The van der Waals surface area contributed by atoms with E-state index in [1.54, 1.807) is 0 Å². The van der Waals surface area contributed by atoms with Gasteiger partial charge in [0.2, 0.25) is 0 Å². The van der Waals surface area contributed by atoms with Crippen molar-refractivity contribution in [1.82, 2.24) is 4.57 Å². The number of benzene rings is 11. The average molecular weight is 960 g/mol. The Morgan fingerprint density at radius 1 is 0.276 bits per heavy atom. The van der Waals surface area contributed by atoms with Gasteiger partial charge in [0.1, 0.15) is 23.0 Å². The van der Waals surface area contributed by atoms with Crippen LogP contribution in [-0.4, -0.2) is 31.4 Å². The number of fused-ring (bicyclic) bond motifs is 23. The molecule has 0 radical (unpaired) electrons. The first-order valence-corrected chi connectivity index (χ1v) is 26.6. The third-order valence-electron chi connectivity index (χ3n) is 18.4. The molecule has 20 rings (SSSR count). The van der Waals surface area contributed by atoms with Gasteiger partial charge in [-0.1, -0.05) is 152 Å². The van der Waals surface area contributed by atoms with E-state index in [0.717, 1.165) is 40.1 Å². The standard InChI is InChI=1S/C66H36B4N4O2/c1-2-17-37(18-3-1)71-53-34-57-47(33-46(53)69-42-23-7-13-30-51(42)73-49-28-11-5-21-40(49)67-44-25-9-15-32-56(44)75-58-35-54(71)60(69)65(73)62(58)67)70-43-24-8-14-31-52(43)74-50-29-12-6-22-41(50)68-45-26-16-20-39-38-19-4-10-27-48(38)72(64(39)45)55-36-59(76-57)63(70)66(74)61(55)68/h1-36H. The molecule has 0 N–H and O–H groups in total. The third kappa shape index (κ3) is 4.42. The minimum atomic E-state index is -0.105. The zero-order valence-corrected chi connectivity index (χ0v) is 40.7. The zero-order valence-electron chi connectivity index (χ0n) is 40.7. The van der Waals surface area contributed by atoms with Gasteiger partial charge in [0.05, 0.1) is 5.52 Å². The highest BCUT2D eigenvalue weighted by Gasteiger charge is 2.54. The predicted molar refractivity (Wildman–Crippen MR) is 316 cm³/mol. The molecule has 8 aliphatic heterocycles. The Labute approximate surface area is 438 Å². The number of anilines is 9. The van der Waals surface area contributed by atoms with Crippen LogP contribution in [0.2, 0.25) is 0 Å².